The van der Waals surface area contributed by atoms with E-state index < -0.39 is 5.97 Å². The molecule has 7 nitrogen and oxygen atoms in total. The topological polar surface area (TPSA) is 88.3 Å². The highest BCUT2D eigenvalue weighted by atomic mass is 16.4. The highest BCUT2D eigenvalue weighted by molar-refractivity contribution is 5.76. The van der Waals surface area contributed by atoms with E-state index in [4.69, 9.17) is 5.11 Å². The Balaban J connectivity index is 2.29. The third-order valence-electron chi connectivity index (χ3n) is 2.95. The summed E-state index contributed by atoms with van der Waals surface area (Å²) in [5, 5.41) is 17.3. The second-order valence-electron chi connectivity index (χ2n) is 5.35. The van der Waals surface area contributed by atoms with Crippen LogP contribution in [0.3, 0.4) is 0 Å². The van der Waals surface area contributed by atoms with Crippen LogP contribution in [0, 0.1) is 5.92 Å². The molecule has 112 valence electrons. The van der Waals surface area contributed by atoms with Gasteiger partial charge in [0.15, 0.2) is 0 Å². The minimum absolute atomic E-state index is 0.112. The van der Waals surface area contributed by atoms with Gasteiger partial charge < -0.3 is 5.11 Å². The van der Waals surface area contributed by atoms with E-state index in [0.717, 1.165) is 0 Å². The number of aromatic nitrogens is 3. The van der Waals surface area contributed by atoms with Gasteiger partial charge in [-0.2, -0.15) is 4.68 Å². The average molecular weight is 290 g/mol. The Kier molecular flexibility index (Phi) is 4.64. The Morgan fingerprint density at radius 3 is 2.76 bits per heavy atom. The van der Waals surface area contributed by atoms with Crippen LogP contribution >= 0.6 is 0 Å². The number of aliphatic carboxylic acids is 1. The van der Waals surface area contributed by atoms with Gasteiger partial charge in [-0.05, 0) is 18.1 Å². The van der Waals surface area contributed by atoms with E-state index in [1.54, 1.807) is 29.2 Å². The van der Waals surface area contributed by atoms with Gasteiger partial charge in [0.2, 0.25) is 0 Å². The fourth-order valence-corrected chi connectivity index (χ4v) is 2.19. The number of benzene rings is 1. The van der Waals surface area contributed by atoms with Crippen molar-refractivity contribution in [3.63, 3.8) is 0 Å². The molecule has 1 aromatic carbocycles. The molecular formula is C14H18N4O3. The summed E-state index contributed by atoms with van der Waals surface area (Å²) in [6.45, 7) is 4.51. The van der Waals surface area contributed by atoms with E-state index in [-0.39, 0.29) is 24.7 Å². The molecule has 0 saturated carbocycles. The Labute approximate surface area is 121 Å². The Bertz CT molecular complexity index is 696. The number of carboxylic acid groups (broad SMARTS) is 1. The summed E-state index contributed by atoms with van der Waals surface area (Å²) in [4.78, 5) is 24.9. The standard InChI is InChI=1S/C14H18N4O3/c1-10(2)7-17(8-13(19)20)9-18-14(21)11-5-3-4-6-12(11)15-16-18/h3-6,10H,7-9H2,1-2H3,(H,19,20). The lowest BCUT2D eigenvalue weighted by Crippen LogP contribution is -2.39. The molecule has 0 aliphatic heterocycles. The molecule has 0 unspecified atom stereocenters. The quantitative estimate of drug-likeness (QED) is 0.846. The molecule has 1 N–H and O–H groups in total. The normalized spacial score (nSPS) is 11.4. The van der Waals surface area contributed by atoms with Crippen molar-refractivity contribution >= 4 is 16.9 Å². The molecule has 0 amide bonds. The average Bonchev–Trinajstić information content (AvgIpc) is 2.41. The zero-order valence-corrected chi connectivity index (χ0v) is 12.1. The molecule has 0 atom stereocenters. The Morgan fingerprint density at radius 1 is 1.38 bits per heavy atom. The molecule has 2 rings (SSSR count). The van der Waals surface area contributed by atoms with Crippen LogP contribution in [0.2, 0.25) is 0 Å². The van der Waals surface area contributed by atoms with Gasteiger partial charge in [-0.1, -0.05) is 31.2 Å². The molecule has 0 bridgehead atoms. The van der Waals surface area contributed by atoms with Gasteiger partial charge in [-0.3, -0.25) is 14.5 Å². The zero-order chi connectivity index (χ0) is 15.4. The smallest absolute Gasteiger partial charge is 0.317 e. The summed E-state index contributed by atoms with van der Waals surface area (Å²) in [7, 11) is 0. The maximum atomic E-state index is 12.3. The maximum absolute atomic E-state index is 12.3. The number of carboxylic acids is 1. The third kappa shape index (κ3) is 3.85. The lowest BCUT2D eigenvalue weighted by molar-refractivity contribution is -0.138. The lowest BCUT2D eigenvalue weighted by Gasteiger charge is -2.22. The lowest BCUT2D eigenvalue weighted by atomic mass is 10.2. The monoisotopic (exact) mass is 290 g/mol. The Morgan fingerprint density at radius 2 is 2.10 bits per heavy atom. The predicted molar refractivity (Wildman–Crippen MR) is 77.8 cm³/mol. The fourth-order valence-electron chi connectivity index (χ4n) is 2.19. The van der Waals surface area contributed by atoms with Gasteiger partial charge in [-0.25, -0.2) is 0 Å². The zero-order valence-electron chi connectivity index (χ0n) is 12.1. The van der Waals surface area contributed by atoms with E-state index >= 15 is 0 Å². The van der Waals surface area contributed by atoms with Crippen LogP contribution in [-0.2, 0) is 11.5 Å². The van der Waals surface area contributed by atoms with Crippen LogP contribution in [-0.4, -0.2) is 44.1 Å². The van der Waals surface area contributed by atoms with Crippen LogP contribution in [0.5, 0.6) is 0 Å². The molecule has 1 aromatic heterocycles. The summed E-state index contributed by atoms with van der Waals surface area (Å²) < 4.78 is 1.20. The summed E-state index contributed by atoms with van der Waals surface area (Å²) in [6.07, 6.45) is 0. The van der Waals surface area contributed by atoms with E-state index in [0.29, 0.717) is 17.4 Å². The van der Waals surface area contributed by atoms with Gasteiger partial charge in [0, 0.05) is 6.54 Å². The van der Waals surface area contributed by atoms with Crippen molar-refractivity contribution in [2.75, 3.05) is 13.1 Å². The summed E-state index contributed by atoms with van der Waals surface area (Å²) in [5.41, 5.74) is 0.270. The first-order valence-electron chi connectivity index (χ1n) is 6.74. The molecule has 0 radical (unpaired) electrons. The van der Waals surface area contributed by atoms with Gasteiger partial charge in [0.05, 0.1) is 18.6 Å². The number of hydrogen-bond acceptors (Lipinski definition) is 5. The minimum Gasteiger partial charge on any atom is -0.480 e. The molecule has 7 heteroatoms. The molecule has 2 aromatic rings. The summed E-state index contributed by atoms with van der Waals surface area (Å²) in [5.74, 6) is -0.647. The van der Waals surface area contributed by atoms with Crippen LogP contribution in [0.15, 0.2) is 29.1 Å². The largest absolute Gasteiger partial charge is 0.480 e. The third-order valence-corrected chi connectivity index (χ3v) is 2.95. The van der Waals surface area contributed by atoms with Crippen LogP contribution in [0.25, 0.3) is 10.9 Å². The molecule has 0 fully saturated rings. The maximum Gasteiger partial charge on any atom is 0.317 e. The fraction of sp³-hybridized carbons (Fsp3) is 0.429. The molecule has 0 spiro atoms. The van der Waals surface area contributed by atoms with E-state index in [1.807, 2.05) is 13.8 Å². The summed E-state index contributed by atoms with van der Waals surface area (Å²) >= 11 is 0. The molecule has 21 heavy (non-hydrogen) atoms. The van der Waals surface area contributed by atoms with E-state index in [2.05, 4.69) is 10.3 Å². The first-order valence-corrected chi connectivity index (χ1v) is 6.74. The number of rotatable bonds is 6. The molecule has 1 heterocycles. The number of fused-ring (bicyclic) bond motifs is 1. The van der Waals surface area contributed by atoms with Crippen molar-refractivity contribution in [1.29, 1.82) is 0 Å². The van der Waals surface area contributed by atoms with Gasteiger partial charge in [-0.15, -0.1) is 5.10 Å². The SMILES string of the molecule is CC(C)CN(CC(=O)O)Cn1nnc2ccccc2c1=O. The van der Waals surface area contributed by atoms with Crippen LogP contribution < -0.4 is 5.56 Å². The van der Waals surface area contributed by atoms with Crippen LogP contribution in [0.1, 0.15) is 13.8 Å². The van der Waals surface area contributed by atoms with E-state index in [1.165, 1.54) is 4.68 Å². The van der Waals surface area contributed by atoms with Crippen molar-refractivity contribution in [3.05, 3.63) is 34.6 Å². The van der Waals surface area contributed by atoms with Crippen molar-refractivity contribution in [1.82, 2.24) is 19.9 Å². The molecule has 0 aliphatic rings. The first kappa shape index (κ1) is 15.1. The Hall–Kier alpha value is -2.28. The molecule has 0 aliphatic carbocycles. The number of carbonyl (C=O) groups is 1. The highest BCUT2D eigenvalue weighted by Gasteiger charge is 2.14. The van der Waals surface area contributed by atoms with Gasteiger partial charge in [0.1, 0.15) is 5.52 Å². The first-order chi connectivity index (χ1) is 9.97. The molecular weight excluding hydrogens is 272 g/mol. The molecule has 0 saturated heterocycles. The second-order valence-corrected chi connectivity index (χ2v) is 5.35. The predicted octanol–water partition coefficient (Wildman–Crippen LogP) is 0.792. The number of nitrogens with zero attached hydrogens (tertiary/aromatic N) is 4. The van der Waals surface area contributed by atoms with Crippen LogP contribution in [0.4, 0.5) is 0 Å². The summed E-state index contributed by atoms with van der Waals surface area (Å²) in [6, 6.07) is 6.96. The van der Waals surface area contributed by atoms with Crippen molar-refractivity contribution < 1.29 is 9.90 Å². The van der Waals surface area contributed by atoms with Gasteiger partial charge >= 0.3 is 5.97 Å². The van der Waals surface area contributed by atoms with E-state index in [9.17, 15) is 9.59 Å². The van der Waals surface area contributed by atoms with Crippen molar-refractivity contribution in [3.8, 4) is 0 Å². The number of hydrogen-bond donors (Lipinski definition) is 1. The van der Waals surface area contributed by atoms with Gasteiger partial charge in [0.25, 0.3) is 5.56 Å². The minimum atomic E-state index is -0.933. The van der Waals surface area contributed by atoms with Crippen molar-refractivity contribution in [2.45, 2.75) is 20.5 Å². The highest BCUT2D eigenvalue weighted by Crippen LogP contribution is 2.04. The van der Waals surface area contributed by atoms with Crippen molar-refractivity contribution in [2.24, 2.45) is 5.92 Å². The second kappa shape index (κ2) is 6.45.